The van der Waals surface area contributed by atoms with Gasteiger partial charge in [-0.15, -0.1) is 0 Å². The van der Waals surface area contributed by atoms with E-state index in [1.165, 1.54) is 24.3 Å². The van der Waals surface area contributed by atoms with E-state index in [1.807, 2.05) is 0 Å². The van der Waals surface area contributed by atoms with E-state index in [9.17, 15) is 14.0 Å². The summed E-state index contributed by atoms with van der Waals surface area (Å²) in [4.78, 5) is 27.6. The molecule has 0 bridgehead atoms. The minimum absolute atomic E-state index is 0.0220. The Balaban J connectivity index is 1.71. The number of Topliss-reactive ketones (excluding diaryl/α,β-unsaturated/α-hetero) is 1. The highest BCUT2D eigenvalue weighted by Gasteiger charge is 2.43. The minimum atomic E-state index is -0.556. The molecule has 2 heterocycles. The van der Waals surface area contributed by atoms with E-state index < -0.39 is 5.41 Å². The van der Waals surface area contributed by atoms with Gasteiger partial charge in [0.25, 0.3) is 0 Å². The summed E-state index contributed by atoms with van der Waals surface area (Å²) >= 11 is 0. The first-order valence-corrected chi connectivity index (χ1v) is 8.93. The molecule has 0 saturated carbocycles. The fourth-order valence-corrected chi connectivity index (χ4v) is 3.83. The Labute approximate surface area is 147 Å². The number of rotatable bonds is 4. The van der Waals surface area contributed by atoms with E-state index in [-0.39, 0.29) is 23.4 Å². The second-order valence-corrected chi connectivity index (χ2v) is 7.06. The summed E-state index contributed by atoms with van der Waals surface area (Å²) in [6, 6.07) is 5.62. The smallest absolute Gasteiger partial charge is 0.230 e. The van der Waals surface area contributed by atoms with Gasteiger partial charge in [0.05, 0.1) is 5.41 Å². The van der Waals surface area contributed by atoms with Crippen LogP contribution in [0.3, 0.4) is 0 Å². The van der Waals surface area contributed by atoms with Gasteiger partial charge in [0, 0.05) is 44.3 Å². The quantitative estimate of drug-likeness (QED) is 0.845. The number of likely N-dealkylation sites (tertiary alicyclic amines) is 1. The summed E-state index contributed by atoms with van der Waals surface area (Å²) in [6.07, 6.45) is 2.81. The van der Waals surface area contributed by atoms with Crippen LogP contribution < -0.4 is 5.73 Å². The molecule has 5 nitrogen and oxygen atoms in total. The summed E-state index contributed by atoms with van der Waals surface area (Å²) in [5, 5.41) is 0. The van der Waals surface area contributed by atoms with Gasteiger partial charge in [0.1, 0.15) is 5.82 Å². The minimum Gasteiger partial charge on any atom is -0.381 e. The van der Waals surface area contributed by atoms with Crippen molar-refractivity contribution < 1.29 is 18.7 Å². The van der Waals surface area contributed by atoms with E-state index in [1.54, 1.807) is 4.90 Å². The predicted octanol–water partition coefficient (Wildman–Crippen LogP) is 2.00. The number of carbonyl (C=O) groups is 2. The maximum Gasteiger partial charge on any atom is 0.230 e. The second-order valence-electron chi connectivity index (χ2n) is 7.06. The third-order valence-corrected chi connectivity index (χ3v) is 5.50. The molecule has 0 radical (unpaired) electrons. The Morgan fingerprint density at radius 1 is 1.24 bits per heavy atom. The average Bonchev–Trinajstić information content (AvgIpc) is 2.68. The van der Waals surface area contributed by atoms with E-state index >= 15 is 0 Å². The van der Waals surface area contributed by atoms with Crippen LogP contribution in [0, 0.1) is 17.2 Å². The van der Waals surface area contributed by atoms with Gasteiger partial charge in [0.15, 0.2) is 5.78 Å². The van der Waals surface area contributed by atoms with Crippen LogP contribution in [-0.4, -0.2) is 49.4 Å². The Morgan fingerprint density at radius 3 is 2.56 bits per heavy atom. The fourth-order valence-electron chi connectivity index (χ4n) is 3.83. The van der Waals surface area contributed by atoms with Gasteiger partial charge < -0.3 is 15.4 Å². The van der Waals surface area contributed by atoms with Crippen molar-refractivity contribution in [2.24, 2.45) is 17.1 Å². The molecule has 136 valence electrons. The monoisotopic (exact) mass is 348 g/mol. The van der Waals surface area contributed by atoms with Gasteiger partial charge in [-0.25, -0.2) is 4.39 Å². The number of amides is 1. The van der Waals surface area contributed by atoms with E-state index in [0.717, 1.165) is 12.8 Å². The Kier molecular flexibility index (Phi) is 5.49. The maximum atomic E-state index is 13.1. The molecule has 2 aliphatic rings. The third kappa shape index (κ3) is 3.75. The lowest BCUT2D eigenvalue weighted by atomic mass is 9.78. The zero-order valence-corrected chi connectivity index (χ0v) is 14.4. The van der Waals surface area contributed by atoms with Gasteiger partial charge in [-0.3, -0.25) is 9.59 Å². The summed E-state index contributed by atoms with van der Waals surface area (Å²) < 4.78 is 18.4. The first-order chi connectivity index (χ1) is 12.1. The van der Waals surface area contributed by atoms with Crippen molar-refractivity contribution in [2.45, 2.75) is 25.7 Å². The summed E-state index contributed by atoms with van der Waals surface area (Å²) in [7, 11) is 0. The number of ether oxygens (including phenoxy) is 1. The standard InChI is InChI=1S/C19H25FN2O3/c20-16-5-3-14(4-6-16)17(23)15-2-1-9-22(12-15)18(24)19(13-21)7-10-25-11-8-19/h3-6,15H,1-2,7-13,21H2. The lowest BCUT2D eigenvalue weighted by molar-refractivity contribution is -0.148. The van der Waals surface area contributed by atoms with Crippen LogP contribution >= 0.6 is 0 Å². The molecule has 1 unspecified atom stereocenters. The van der Waals surface area contributed by atoms with Crippen LogP contribution in [0.25, 0.3) is 0 Å². The molecule has 0 aromatic heterocycles. The fraction of sp³-hybridized carbons (Fsp3) is 0.579. The molecule has 1 amide bonds. The highest BCUT2D eigenvalue weighted by atomic mass is 19.1. The largest absolute Gasteiger partial charge is 0.381 e. The van der Waals surface area contributed by atoms with Gasteiger partial charge >= 0.3 is 0 Å². The van der Waals surface area contributed by atoms with E-state index in [0.29, 0.717) is 51.3 Å². The molecule has 2 aliphatic heterocycles. The first-order valence-electron chi connectivity index (χ1n) is 8.93. The molecule has 2 fully saturated rings. The van der Waals surface area contributed by atoms with Crippen LogP contribution in [0.2, 0.25) is 0 Å². The number of hydrogen-bond acceptors (Lipinski definition) is 4. The second kappa shape index (κ2) is 7.62. The summed E-state index contributed by atoms with van der Waals surface area (Å²) in [6.45, 7) is 2.48. The third-order valence-electron chi connectivity index (χ3n) is 5.50. The highest BCUT2D eigenvalue weighted by Crippen LogP contribution is 2.33. The number of ketones is 1. The predicted molar refractivity (Wildman–Crippen MR) is 91.6 cm³/mol. The van der Waals surface area contributed by atoms with Crippen molar-refractivity contribution in [2.75, 3.05) is 32.8 Å². The summed E-state index contributed by atoms with van der Waals surface area (Å²) in [5.74, 6) is -0.569. The van der Waals surface area contributed by atoms with E-state index in [2.05, 4.69) is 0 Å². The van der Waals surface area contributed by atoms with Crippen LogP contribution in [0.1, 0.15) is 36.0 Å². The number of nitrogens with two attached hydrogens (primary N) is 1. The Hall–Kier alpha value is -1.79. The van der Waals surface area contributed by atoms with E-state index in [4.69, 9.17) is 10.5 Å². The van der Waals surface area contributed by atoms with Crippen molar-refractivity contribution in [1.82, 2.24) is 4.90 Å². The molecule has 1 aromatic carbocycles. The molecule has 2 N–H and O–H groups in total. The first kappa shape index (κ1) is 18.0. The molecule has 2 saturated heterocycles. The number of hydrogen-bond donors (Lipinski definition) is 1. The number of nitrogens with zero attached hydrogens (tertiary/aromatic N) is 1. The van der Waals surface area contributed by atoms with Crippen molar-refractivity contribution in [1.29, 1.82) is 0 Å². The van der Waals surface area contributed by atoms with Crippen LogP contribution in [0.5, 0.6) is 0 Å². The molecule has 25 heavy (non-hydrogen) atoms. The summed E-state index contributed by atoms with van der Waals surface area (Å²) in [5.41, 5.74) is 5.88. The van der Waals surface area contributed by atoms with Gasteiger partial charge in [-0.2, -0.15) is 0 Å². The Bertz CT molecular complexity index is 626. The average molecular weight is 348 g/mol. The number of halogens is 1. The molecule has 1 atom stereocenters. The zero-order valence-electron chi connectivity index (χ0n) is 14.4. The topological polar surface area (TPSA) is 72.6 Å². The van der Waals surface area contributed by atoms with Crippen molar-refractivity contribution in [3.8, 4) is 0 Å². The lowest BCUT2D eigenvalue weighted by Gasteiger charge is -2.41. The molecule has 6 heteroatoms. The Morgan fingerprint density at radius 2 is 1.92 bits per heavy atom. The normalized spacial score (nSPS) is 23.3. The van der Waals surface area contributed by atoms with Gasteiger partial charge in [0.2, 0.25) is 5.91 Å². The maximum absolute atomic E-state index is 13.1. The van der Waals surface area contributed by atoms with Crippen molar-refractivity contribution >= 4 is 11.7 Å². The number of carbonyl (C=O) groups excluding carboxylic acids is 2. The van der Waals surface area contributed by atoms with Gasteiger partial charge in [-0.05, 0) is 49.9 Å². The molecule has 3 rings (SSSR count). The van der Waals surface area contributed by atoms with Crippen molar-refractivity contribution in [3.63, 3.8) is 0 Å². The number of piperidine rings is 1. The SMILES string of the molecule is NCC1(C(=O)N2CCCC(C(=O)c3ccc(F)cc3)C2)CCOCC1. The molecule has 1 aromatic rings. The van der Waals surface area contributed by atoms with Crippen LogP contribution in [0.4, 0.5) is 4.39 Å². The lowest BCUT2D eigenvalue weighted by Crippen LogP contribution is -2.53. The van der Waals surface area contributed by atoms with Crippen LogP contribution in [0.15, 0.2) is 24.3 Å². The highest BCUT2D eigenvalue weighted by molar-refractivity contribution is 5.98. The van der Waals surface area contributed by atoms with Crippen LogP contribution in [-0.2, 0) is 9.53 Å². The molecule has 0 spiro atoms. The molecule has 0 aliphatic carbocycles. The molecular formula is C19H25FN2O3. The molecular weight excluding hydrogens is 323 g/mol. The van der Waals surface area contributed by atoms with Gasteiger partial charge in [-0.1, -0.05) is 0 Å². The zero-order chi connectivity index (χ0) is 17.9. The van der Waals surface area contributed by atoms with Crippen molar-refractivity contribution in [3.05, 3.63) is 35.6 Å². The number of benzene rings is 1.